The van der Waals surface area contributed by atoms with Crippen molar-refractivity contribution in [2.24, 2.45) is 5.73 Å². The monoisotopic (exact) mass is 243 g/mol. The summed E-state index contributed by atoms with van der Waals surface area (Å²) >= 11 is 0. The number of aryl methyl sites for hydroxylation is 2. The van der Waals surface area contributed by atoms with Gasteiger partial charge in [0.15, 0.2) is 0 Å². The van der Waals surface area contributed by atoms with E-state index in [1.54, 1.807) is 0 Å². The lowest BCUT2D eigenvalue weighted by molar-refractivity contribution is 0.328. The topological polar surface area (TPSA) is 61.0 Å². The average molecular weight is 243 g/mol. The van der Waals surface area contributed by atoms with Gasteiger partial charge in [-0.05, 0) is 32.0 Å². The normalized spacial score (nSPS) is 10.4. The molecule has 4 heteroatoms. The van der Waals surface area contributed by atoms with Gasteiger partial charge in [0.2, 0.25) is 0 Å². The molecular weight excluding hydrogens is 226 g/mol. The largest absolute Gasteiger partial charge is 0.492 e. The summed E-state index contributed by atoms with van der Waals surface area (Å²) in [6.45, 7) is 4.89. The summed E-state index contributed by atoms with van der Waals surface area (Å²) in [5.41, 5.74) is 8.32. The number of aromatic nitrogens is 2. The van der Waals surface area contributed by atoms with E-state index in [1.807, 2.05) is 44.2 Å². The van der Waals surface area contributed by atoms with E-state index in [-0.39, 0.29) is 0 Å². The van der Waals surface area contributed by atoms with Gasteiger partial charge in [-0.3, -0.25) is 0 Å². The van der Waals surface area contributed by atoms with Crippen LogP contribution in [0.3, 0.4) is 0 Å². The fraction of sp³-hybridized carbons (Fsp3) is 0.286. The SMILES string of the molecule is Cc1cc(-c2cccc(OCCN)c2)nc(C)n1. The maximum Gasteiger partial charge on any atom is 0.126 e. The number of ether oxygens (including phenoxy) is 1. The summed E-state index contributed by atoms with van der Waals surface area (Å²) in [7, 11) is 0. The van der Waals surface area contributed by atoms with Gasteiger partial charge in [0.25, 0.3) is 0 Å². The number of nitrogens with two attached hydrogens (primary N) is 1. The summed E-state index contributed by atoms with van der Waals surface area (Å²) < 4.78 is 5.51. The Hall–Kier alpha value is -1.94. The summed E-state index contributed by atoms with van der Waals surface area (Å²) in [5.74, 6) is 1.59. The van der Waals surface area contributed by atoms with Crippen molar-refractivity contribution in [1.82, 2.24) is 9.97 Å². The predicted molar refractivity (Wildman–Crippen MR) is 71.5 cm³/mol. The molecule has 94 valence electrons. The van der Waals surface area contributed by atoms with Crippen LogP contribution >= 0.6 is 0 Å². The Morgan fingerprint density at radius 2 is 2.00 bits per heavy atom. The second-order valence-electron chi connectivity index (χ2n) is 4.11. The van der Waals surface area contributed by atoms with E-state index >= 15 is 0 Å². The highest BCUT2D eigenvalue weighted by Gasteiger charge is 2.03. The highest BCUT2D eigenvalue weighted by Crippen LogP contribution is 2.22. The maximum absolute atomic E-state index is 5.51. The van der Waals surface area contributed by atoms with E-state index in [1.165, 1.54) is 0 Å². The zero-order valence-electron chi connectivity index (χ0n) is 10.7. The molecule has 18 heavy (non-hydrogen) atoms. The van der Waals surface area contributed by atoms with Crippen LogP contribution < -0.4 is 10.5 Å². The number of hydrogen-bond donors (Lipinski definition) is 1. The van der Waals surface area contributed by atoms with E-state index in [0.717, 1.165) is 28.5 Å². The van der Waals surface area contributed by atoms with Crippen LogP contribution in [0.2, 0.25) is 0 Å². The van der Waals surface area contributed by atoms with E-state index in [0.29, 0.717) is 13.2 Å². The van der Waals surface area contributed by atoms with Crippen LogP contribution in [0.15, 0.2) is 30.3 Å². The van der Waals surface area contributed by atoms with Gasteiger partial charge < -0.3 is 10.5 Å². The van der Waals surface area contributed by atoms with Gasteiger partial charge in [-0.15, -0.1) is 0 Å². The summed E-state index contributed by atoms with van der Waals surface area (Å²) in [6, 6.07) is 9.82. The van der Waals surface area contributed by atoms with Gasteiger partial charge in [0, 0.05) is 17.8 Å². The van der Waals surface area contributed by atoms with Crippen LogP contribution in [-0.2, 0) is 0 Å². The first-order valence-electron chi connectivity index (χ1n) is 5.94. The van der Waals surface area contributed by atoms with Crippen molar-refractivity contribution in [2.45, 2.75) is 13.8 Å². The Morgan fingerprint density at radius 1 is 1.17 bits per heavy atom. The molecule has 0 saturated heterocycles. The first-order chi connectivity index (χ1) is 8.69. The molecule has 1 heterocycles. The Labute approximate surface area is 107 Å². The molecule has 2 aromatic rings. The molecule has 0 spiro atoms. The zero-order valence-corrected chi connectivity index (χ0v) is 10.7. The Morgan fingerprint density at radius 3 is 2.72 bits per heavy atom. The minimum absolute atomic E-state index is 0.510. The standard InChI is InChI=1S/C14H17N3O/c1-10-8-14(17-11(2)16-10)12-4-3-5-13(9-12)18-7-6-15/h3-5,8-9H,6-7,15H2,1-2H3. The number of hydrogen-bond acceptors (Lipinski definition) is 4. The van der Waals surface area contributed by atoms with E-state index in [9.17, 15) is 0 Å². The zero-order chi connectivity index (χ0) is 13.0. The second kappa shape index (κ2) is 5.60. The lowest BCUT2D eigenvalue weighted by Gasteiger charge is -2.07. The molecule has 0 bridgehead atoms. The molecule has 1 aromatic carbocycles. The molecule has 1 aromatic heterocycles. The van der Waals surface area contributed by atoms with Gasteiger partial charge in [0.1, 0.15) is 18.2 Å². The first kappa shape index (κ1) is 12.5. The van der Waals surface area contributed by atoms with Crippen molar-refractivity contribution in [3.05, 3.63) is 41.9 Å². The molecule has 0 aliphatic carbocycles. The molecule has 4 nitrogen and oxygen atoms in total. The van der Waals surface area contributed by atoms with Crippen LogP contribution in [0, 0.1) is 13.8 Å². The molecule has 2 N–H and O–H groups in total. The molecule has 0 unspecified atom stereocenters. The third-order valence-corrected chi connectivity index (χ3v) is 2.48. The van der Waals surface area contributed by atoms with Gasteiger partial charge in [-0.25, -0.2) is 9.97 Å². The molecule has 0 aliphatic heterocycles. The summed E-state index contributed by atoms with van der Waals surface area (Å²) in [4.78, 5) is 8.71. The third kappa shape index (κ3) is 3.05. The van der Waals surface area contributed by atoms with E-state index in [4.69, 9.17) is 10.5 Å². The van der Waals surface area contributed by atoms with Crippen molar-refractivity contribution in [3.63, 3.8) is 0 Å². The van der Waals surface area contributed by atoms with Crippen molar-refractivity contribution in [3.8, 4) is 17.0 Å². The predicted octanol–water partition coefficient (Wildman–Crippen LogP) is 2.10. The van der Waals surface area contributed by atoms with Crippen LogP contribution in [0.5, 0.6) is 5.75 Å². The average Bonchev–Trinajstić information content (AvgIpc) is 2.35. The van der Waals surface area contributed by atoms with Crippen molar-refractivity contribution < 1.29 is 4.74 Å². The summed E-state index contributed by atoms with van der Waals surface area (Å²) in [5, 5.41) is 0. The van der Waals surface area contributed by atoms with Gasteiger partial charge in [-0.2, -0.15) is 0 Å². The quantitative estimate of drug-likeness (QED) is 0.893. The highest BCUT2D eigenvalue weighted by molar-refractivity contribution is 5.61. The Kier molecular flexibility index (Phi) is 3.89. The van der Waals surface area contributed by atoms with E-state index < -0.39 is 0 Å². The van der Waals surface area contributed by atoms with Crippen molar-refractivity contribution in [1.29, 1.82) is 0 Å². The maximum atomic E-state index is 5.51. The number of rotatable bonds is 4. The summed E-state index contributed by atoms with van der Waals surface area (Å²) in [6.07, 6.45) is 0. The van der Waals surface area contributed by atoms with Crippen LogP contribution in [0.25, 0.3) is 11.3 Å². The molecule has 0 atom stereocenters. The Bertz CT molecular complexity index is 520. The molecule has 2 rings (SSSR count). The van der Waals surface area contributed by atoms with Crippen LogP contribution in [0.1, 0.15) is 11.5 Å². The molecule has 0 aliphatic rings. The molecule has 0 amide bonds. The number of nitrogens with zero attached hydrogens (tertiary/aromatic N) is 2. The van der Waals surface area contributed by atoms with Crippen molar-refractivity contribution >= 4 is 0 Å². The first-order valence-corrected chi connectivity index (χ1v) is 5.94. The van der Waals surface area contributed by atoms with Gasteiger partial charge >= 0.3 is 0 Å². The van der Waals surface area contributed by atoms with Gasteiger partial charge in [-0.1, -0.05) is 12.1 Å². The molecule has 0 fully saturated rings. The van der Waals surface area contributed by atoms with Gasteiger partial charge in [0.05, 0.1) is 5.69 Å². The fourth-order valence-corrected chi connectivity index (χ4v) is 1.79. The van der Waals surface area contributed by atoms with E-state index in [2.05, 4.69) is 9.97 Å². The second-order valence-corrected chi connectivity index (χ2v) is 4.11. The number of benzene rings is 1. The minimum atomic E-state index is 0.510. The molecule has 0 radical (unpaired) electrons. The molecule has 0 saturated carbocycles. The van der Waals surface area contributed by atoms with Crippen LogP contribution in [-0.4, -0.2) is 23.1 Å². The van der Waals surface area contributed by atoms with Crippen LogP contribution in [0.4, 0.5) is 0 Å². The highest BCUT2D eigenvalue weighted by atomic mass is 16.5. The Balaban J connectivity index is 2.32. The van der Waals surface area contributed by atoms with Crippen molar-refractivity contribution in [2.75, 3.05) is 13.2 Å². The molecular formula is C14H17N3O. The smallest absolute Gasteiger partial charge is 0.126 e. The fourth-order valence-electron chi connectivity index (χ4n) is 1.79. The third-order valence-electron chi connectivity index (χ3n) is 2.48. The lowest BCUT2D eigenvalue weighted by Crippen LogP contribution is -2.10. The minimum Gasteiger partial charge on any atom is -0.492 e. The lowest BCUT2D eigenvalue weighted by atomic mass is 10.1.